The van der Waals surface area contributed by atoms with E-state index in [0.29, 0.717) is 35.8 Å². The molecular formula is C14H21N3O2. The number of aliphatic imine (C=N–C) groups is 1. The standard InChI is InChI=1S/C14H21N3O2/c1-10(2)9-19-14-12(7-4-8-15-14)13(17-18)16-11-5-3-6-11/h4,7-8,10-11,18H,3,5-6,9H2,1-2H3,(H,16,17). The molecule has 0 aliphatic heterocycles. The van der Waals surface area contributed by atoms with Crippen LogP contribution in [-0.4, -0.2) is 28.7 Å². The number of pyridine rings is 1. The molecule has 0 unspecified atom stereocenters. The molecule has 0 saturated heterocycles. The average Bonchev–Trinajstić information content (AvgIpc) is 2.36. The monoisotopic (exact) mass is 263 g/mol. The Kier molecular flexibility index (Phi) is 4.74. The molecule has 5 heteroatoms. The molecule has 2 rings (SSSR count). The molecule has 0 spiro atoms. The highest BCUT2D eigenvalue weighted by Gasteiger charge is 2.19. The van der Waals surface area contributed by atoms with Gasteiger partial charge < -0.3 is 4.74 Å². The van der Waals surface area contributed by atoms with Crippen LogP contribution in [0.25, 0.3) is 0 Å². The van der Waals surface area contributed by atoms with Crippen LogP contribution in [0.1, 0.15) is 38.7 Å². The van der Waals surface area contributed by atoms with Gasteiger partial charge in [0, 0.05) is 6.20 Å². The van der Waals surface area contributed by atoms with Gasteiger partial charge in [-0.1, -0.05) is 13.8 Å². The number of nitrogens with one attached hydrogen (secondary N) is 1. The third kappa shape index (κ3) is 3.67. The van der Waals surface area contributed by atoms with Crippen LogP contribution in [0.2, 0.25) is 0 Å². The Morgan fingerprint density at radius 2 is 2.37 bits per heavy atom. The summed E-state index contributed by atoms with van der Waals surface area (Å²) in [5.74, 6) is 1.37. The van der Waals surface area contributed by atoms with Crippen LogP contribution < -0.4 is 10.2 Å². The van der Waals surface area contributed by atoms with Crippen molar-refractivity contribution in [2.75, 3.05) is 6.61 Å². The van der Waals surface area contributed by atoms with Gasteiger partial charge in [-0.05, 0) is 37.3 Å². The van der Waals surface area contributed by atoms with E-state index in [-0.39, 0.29) is 0 Å². The number of aromatic nitrogens is 1. The van der Waals surface area contributed by atoms with Gasteiger partial charge >= 0.3 is 0 Å². The summed E-state index contributed by atoms with van der Waals surface area (Å²) in [5.41, 5.74) is 2.88. The number of rotatable bonds is 5. The van der Waals surface area contributed by atoms with Crippen LogP contribution in [0.4, 0.5) is 0 Å². The van der Waals surface area contributed by atoms with Crippen molar-refractivity contribution < 1.29 is 9.94 Å². The molecule has 1 heterocycles. The first-order chi connectivity index (χ1) is 9.20. The second-order valence-corrected chi connectivity index (χ2v) is 5.24. The Bertz CT molecular complexity index is 442. The van der Waals surface area contributed by atoms with E-state index < -0.39 is 0 Å². The van der Waals surface area contributed by atoms with Crippen molar-refractivity contribution in [3.8, 4) is 5.88 Å². The summed E-state index contributed by atoms with van der Waals surface area (Å²) >= 11 is 0. The molecule has 1 aromatic heterocycles. The smallest absolute Gasteiger partial charge is 0.224 e. The lowest BCUT2D eigenvalue weighted by Gasteiger charge is -2.22. The summed E-state index contributed by atoms with van der Waals surface area (Å²) in [6, 6.07) is 3.96. The van der Waals surface area contributed by atoms with Crippen LogP contribution in [0, 0.1) is 5.92 Å². The maximum absolute atomic E-state index is 9.29. The first-order valence-corrected chi connectivity index (χ1v) is 6.76. The summed E-state index contributed by atoms with van der Waals surface area (Å²) in [5, 5.41) is 9.29. The Balaban J connectivity index is 2.18. The lowest BCUT2D eigenvalue weighted by molar-refractivity contribution is 0.230. The number of hydrogen-bond acceptors (Lipinski definition) is 4. The number of ether oxygens (including phenoxy) is 1. The molecule has 1 aromatic rings. The summed E-state index contributed by atoms with van der Waals surface area (Å²) in [6.45, 7) is 4.75. The maximum atomic E-state index is 9.29. The van der Waals surface area contributed by atoms with Gasteiger partial charge in [0.15, 0.2) is 5.84 Å². The first-order valence-electron chi connectivity index (χ1n) is 6.76. The summed E-state index contributed by atoms with van der Waals surface area (Å²) in [4.78, 5) is 8.71. The Morgan fingerprint density at radius 3 is 2.95 bits per heavy atom. The highest BCUT2D eigenvalue weighted by atomic mass is 16.5. The minimum Gasteiger partial charge on any atom is -0.477 e. The predicted molar refractivity (Wildman–Crippen MR) is 73.7 cm³/mol. The van der Waals surface area contributed by atoms with Gasteiger partial charge in [0.1, 0.15) is 0 Å². The fourth-order valence-electron chi connectivity index (χ4n) is 1.79. The van der Waals surface area contributed by atoms with Crippen LogP contribution in [-0.2, 0) is 0 Å². The minimum absolute atomic E-state index is 0.299. The molecule has 1 saturated carbocycles. The van der Waals surface area contributed by atoms with Gasteiger partial charge in [-0.25, -0.2) is 4.98 Å². The zero-order valence-corrected chi connectivity index (χ0v) is 11.5. The third-order valence-corrected chi connectivity index (χ3v) is 3.07. The highest BCUT2D eigenvalue weighted by molar-refractivity contribution is 6.00. The van der Waals surface area contributed by atoms with Crippen molar-refractivity contribution in [2.24, 2.45) is 10.9 Å². The molecule has 0 amide bonds. The normalized spacial score (nSPS) is 16.3. The molecule has 1 aliphatic carbocycles. The first kappa shape index (κ1) is 13.8. The second-order valence-electron chi connectivity index (χ2n) is 5.24. The van der Waals surface area contributed by atoms with E-state index >= 15 is 0 Å². The number of amidine groups is 1. The Morgan fingerprint density at radius 1 is 1.58 bits per heavy atom. The molecule has 0 aromatic carbocycles. The highest BCUT2D eigenvalue weighted by Crippen LogP contribution is 2.24. The average molecular weight is 263 g/mol. The molecule has 19 heavy (non-hydrogen) atoms. The van der Waals surface area contributed by atoms with E-state index in [4.69, 9.17) is 4.74 Å². The SMILES string of the molecule is CC(C)COc1ncccc1C(=NC1CCC1)NO. The van der Waals surface area contributed by atoms with E-state index in [1.165, 1.54) is 6.42 Å². The second kappa shape index (κ2) is 6.52. The van der Waals surface area contributed by atoms with Gasteiger partial charge in [-0.15, -0.1) is 0 Å². The largest absolute Gasteiger partial charge is 0.477 e. The van der Waals surface area contributed by atoms with Crippen molar-refractivity contribution in [2.45, 2.75) is 39.2 Å². The van der Waals surface area contributed by atoms with E-state index in [1.54, 1.807) is 6.20 Å². The number of nitrogens with zero attached hydrogens (tertiary/aromatic N) is 2. The molecule has 0 atom stereocenters. The lowest BCUT2D eigenvalue weighted by Crippen LogP contribution is -2.27. The number of hydroxylamine groups is 1. The minimum atomic E-state index is 0.299. The molecule has 1 fully saturated rings. The molecule has 0 bridgehead atoms. The number of hydrogen-bond donors (Lipinski definition) is 2. The molecule has 104 valence electrons. The van der Waals surface area contributed by atoms with Gasteiger partial charge in [0.05, 0.1) is 18.2 Å². The molecule has 5 nitrogen and oxygen atoms in total. The Hall–Kier alpha value is -1.62. The van der Waals surface area contributed by atoms with Gasteiger partial charge in [-0.3, -0.25) is 15.7 Å². The van der Waals surface area contributed by atoms with Gasteiger partial charge in [-0.2, -0.15) is 0 Å². The van der Waals surface area contributed by atoms with Crippen LogP contribution in [0.5, 0.6) is 5.88 Å². The van der Waals surface area contributed by atoms with E-state index in [2.05, 4.69) is 29.3 Å². The molecule has 1 aliphatic rings. The third-order valence-electron chi connectivity index (χ3n) is 3.07. The fraction of sp³-hybridized carbons (Fsp3) is 0.571. The summed E-state index contributed by atoms with van der Waals surface area (Å²) in [6.07, 6.45) is 5.04. The van der Waals surface area contributed by atoms with E-state index in [0.717, 1.165) is 12.8 Å². The zero-order chi connectivity index (χ0) is 13.7. The Labute approximate surface area is 113 Å². The topological polar surface area (TPSA) is 66.7 Å². The van der Waals surface area contributed by atoms with Crippen molar-refractivity contribution in [3.63, 3.8) is 0 Å². The zero-order valence-electron chi connectivity index (χ0n) is 11.5. The predicted octanol–water partition coefficient (Wildman–Crippen LogP) is 2.39. The van der Waals surface area contributed by atoms with Gasteiger partial charge in [0.25, 0.3) is 0 Å². The van der Waals surface area contributed by atoms with E-state index in [1.807, 2.05) is 12.1 Å². The van der Waals surface area contributed by atoms with Crippen molar-refractivity contribution in [1.82, 2.24) is 10.5 Å². The maximum Gasteiger partial charge on any atom is 0.224 e. The lowest BCUT2D eigenvalue weighted by atomic mass is 9.94. The van der Waals surface area contributed by atoms with Crippen LogP contribution >= 0.6 is 0 Å². The quantitative estimate of drug-likeness (QED) is 0.486. The van der Waals surface area contributed by atoms with Crippen molar-refractivity contribution in [3.05, 3.63) is 23.9 Å². The molecular weight excluding hydrogens is 242 g/mol. The van der Waals surface area contributed by atoms with Crippen molar-refractivity contribution in [1.29, 1.82) is 0 Å². The summed E-state index contributed by atoms with van der Waals surface area (Å²) < 4.78 is 5.67. The molecule has 2 N–H and O–H groups in total. The van der Waals surface area contributed by atoms with Gasteiger partial charge in [0.2, 0.25) is 5.88 Å². The molecule has 0 radical (unpaired) electrons. The summed E-state index contributed by atoms with van der Waals surface area (Å²) in [7, 11) is 0. The van der Waals surface area contributed by atoms with Crippen molar-refractivity contribution >= 4 is 5.84 Å². The van der Waals surface area contributed by atoms with Crippen LogP contribution in [0.15, 0.2) is 23.3 Å². The van der Waals surface area contributed by atoms with Crippen LogP contribution in [0.3, 0.4) is 0 Å². The van der Waals surface area contributed by atoms with E-state index in [9.17, 15) is 5.21 Å². The fourth-order valence-corrected chi connectivity index (χ4v) is 1.79.